The second-order valence-electron chi connectivity index (χ2n) is 4.26. The minimum absolute atomic E-state index is 0.278. The zero-order valence-corrected chi connectivity index (χ0v) is 15.4. The predicted octanol–water partition coefficient (Wildman–Crippen LogP) is 5.15. The van der Waals surface area contributed by atoms with Crippen molar-refractivity contribution in [1.82, 2.24) is 0 Å². The summed E-state index contributed by atoms with van der Waals surface area (Å²) in [7, 11) is 0. The summed E-state index contributed by atoms with van der Waals surface area (Å²) < 4.78 is 7.73. The van der Waals surface area contributed by atoms with Gasteiger partial charge < -0.3 is 10.5 Å². The van der Waals surface area contributed by atoms with E-state index in [0.29, 0.717) is 11.6 Å². The van der Waals surface area contributed by atoms with Crippen LogP contribution in [0.2, 0.25) is 5.02 Å². The van der Waals surface area contributed by atoms with E-state index in [1.807, 2.05) is 43.3 Å². The van der Waals surface area contributed by atoms with Gasteiger partial charge in [0.2, 0.25) is 0 Å². The third-order valence-electron chi connectivity index (χ3n) is 2.90. The molecule has 0 amide bonds. The molecule has 0 saturated heterocycles. The number of rotatable bonds is 4. The molecule has 5 heteroatoms. The van der Waals surface area contributed by atoms with Crippen LogP contribution in [0.25, 0.3) is 0 Å². The quantitative estimate of drug-likeness (QED) is 0.633. The van der Waals surface area contributed by atoms with Gasteiger partial charge in [-0.25, -0.2) is 0 Å². The lowest BCUT2D eigenvalue weighted by Crippen LogP contribution is -2.15. The maximum absolute atomic E-state index is 6.42. The summed E-state index contributed by atoms with van der Waals surface area (Å²) in [6, 6.07) is 11.3. The molecule has 0 radical (unpaired) electrons. The highest BCUT2D eigenvalue weighted by molar-refractivity contribution is 14.1. The SMILES string of the molecule is CCOc1ccc(Br)cc1C(N)c1cc(Cl)ccc1I. The van der Waals surface area contributed by atoms with Crippen LogP contribution in [0.4, 0.5) is 0 Å². The summed E-state index contributed by atoms with van der Waals surface area (Å²) in [5.41, 5.74) is 8.36. The lowest BCUT2D eigenvalue weighted by Gasteiger charge is -2.19. The normalized spacial score (nSPS) is 12.2. The maximum Gasteiger partial charge on any atom is 0.124 e. The van der Waals surface area contributed by atoms with E-state index in [4.69, 9.17) is 22.1 Å². The van der Waals surface area contributed by atoms with Crippen LogP contribution in [0.1, 0.15) is 24.1 Å². The molecule has 20 heavy (non-hydrogen) atoms. The Bertz CT molecular complexity index is 621. The fraction of sp³-hybridized carbons (Fsp3) is 0.200. The molecular weight excluding hydrogens is 452 g/mol. The van der Waals surface area contributed by atoms with E-state index in [9.17, 15) is 0 Å². The zero-order valence-electron chi connectivity index (χ0n) is 10.9. The molecule has 2 rings (SSSR count). The van der Waals surface area contributed by atoms with E-state index in [2.05, 4.69) is 38.5 Å². The first-order valence-corrected chi connectivity index (χ1v) is 8.40. The molecule has 0 aliphatic carbocycles. The van der Waals surface area contributed by atoms with Gasteiger partial charge in [0.25, 0.3) is 0 Å². The van der Waals surface area contributed by atoms with Crippen molar-refractivity contribution in [1.29, 1.82) is 0 Å². The Labute approximate surface area is 145 Å². The number of hydrogen-bond acceptors (Lipinski definition) is 2. The second kappa shape index (κ2) is 7.11. The summed E-state index contributed by atoms with van der Waals surface area (Å²) >= 11 is 11.8. The van der Waals surface area contributed by atoms with Crippen LogP contribution in [-0.2, 0) is 0 Å². The highest BCUT2D eigenvalue weighted by Gasteiger charge is 2.17. The standard InChI is InChI=1S/C15H14BrClINO/c1-2-20-14-6-3-9(16)7-12(14)15(19)11-8-10(17)4-5-13(11)18/h3-8,15H,2,19H2,1H3. The zero-order chi connectivity index (χ0) is 14.7. The number of hydrogen-bond donors (Lipinski definition) is 1. The second-order valence-corrected chi connectivity index (χ2v) is 6.77. The molecule has 2 aromatic rings. The van der Waals surface area contributed by atoms with Gasteiger partial charge in [-0.15, -0.1) is 0 Å². The van der Waals surface area contributed by atoms with Crippen molar-refractivity contribution in [2.24, 2.45) is 5.73 Å². The van der Waals surface area contributed by atoms with Gasteiger partial charge in [-0.2, -0.15) is 0 Å². The topological polar surface area (TPSA) is 35.2 Å². The summed E-state index contributed by atoms with van der Waals surface area (Å²) in [6.07, 6.45) is 0. The largest absolute Gasteiger partial charge is 0.494 e. The molecular formula is C15H14BrClINO. The molecule has 0 aliphatic heterocycles. The monoisotopic (exact) mass is 465 g/mol. The molecule has 0 saturated carbocycles. The van der Waals surface area contributed by atoms with E-state index < -0.39 is 0 Å². The van der Waals surface area contributed by atoms with Gasteiger partial charge in [0.05, 0.1) is 12.6 Å². The Kier molecular flexibility index (Phi) is 5.72. The lowest BCUT2D eigenvalue weighted by atomic mass is 9.99. The van der Waals surface area contributed by atoms with Crippen molar-refractivity contribution in [3.63, 3.8) is 0 Å². The van der Waals surface area contributed by atoms with Gasteiger partial charge >= 0.3 is 0 Å². The van der Waals surface area contributed by atoms with E-state index in [0.717, 1.165) is 24.9 Å². The number of ether oxygens (including phenoxy) is 1. The Morgan fingerprint density at radius 3 is 2.70 bits per heavy atom. The molecule has 0 fully saturated rings. The first kappa shape index (κ1) is 16.1. The first-order chi connectivity index (χ1) is 9.52. The Hall–Kier alpha value is -0.300. The third kappa shape index (κ3) is 3.67. The van der Waals surface area contributed by atoms with Crippen molar-refractivity contribution in [2.75, 3.05) is 6.61 Å². The summed E-state index contributed by atoms with van der Waals surface area (Å²) in [5.74, 6) is 0.805. The highest BCUT2D eigenvalue weighted by Crippen LogP contribution is 2.34. The molecule has 1 atom stereocenters. The van der Waals surface area contributed by atoms with E-state index >= 15 is 0 Å². The highest BCUT2D eigenvalue weighted by atomic mass is 127. The van der Waals surface area contributed by atoms with Gasteiger partial charge in [-0.05, 0) is 71.5 Å². The average Bonchev–Trinajstić information content (AvgIpc) is 2.43. The molecule has 1 unspecified atom stereocenters. The Morgan fingerprint density at radius 2 is 2.00 bits per heavy atom. The molecule has 0 spiro atoms. The molecule has 0 bridgehead atoms. The molecule has 0 aliphatic rings. The van der Waals surface area contributed by atoms with Crippen LogP contribution >= 0.6 is 50.1 Å². The van der Waals surface area contributed by atoms with E-state index in [-0.39, 0.29) is 6.04 Å². The van der Waals surface area contributed by atoms with Crippen molar-refractivity contribution in [2.45, 2.75) is 13.0 Å². The van der Waals surface area contributed by atoms with Crippen LogP contribution in [0.15, 0.2) is 40.9 Å². The van der Waals surface area contributed by atoms with Gasteiger partial charge in [0.1, 0.15) is 5.75 Å². The predicted molar refractivity (Wildman–Crippen MR) is 95.5 cm³/mol. The fourth-order valence-electron chi connectivity index (χ4n) is 1.97. The van der Waals surface area contributed by atoms with Gasteiger partial charge in [0, 0.05) is 18.6 Å². The van der Waals surface area contributed by atoms with Gasteiger partial charge in [-0.3, -0.25) is 0 Å². The molecule has 0 heterocycles. The summed E-state index contributed by atoms with van der Waals surface area (Å²) in [5, 5.41) is 0.684. The van der Waals surface area contributed by atoms with Crippen LogP contribution in [0, 0.1) is 3.57 Å². The number of nitrogens with two attached hydrogens (primary N) is 1. The fourth-order valence-corrected chi connectivity index (χ4v) is 3.20. The van der Waals surface area contributed by atoms with Crippen LogP contribution in [0.5, 0.6) is 5.75 Å². The smallest absolute Gasteiger partial charge is 0.124 e. The summed E-state index contributed by atoms with van der Waals surface area (Å²) in [6.45, 7) is 2.56. The summed E-state index contributed by atoms with van der Waals surface area (Å²) in [4.78, 5) is 0. The van der Waals surface area contributed by atoms with Crippen LogP contribution < -0.4 is 10.5 Å². The molecule has 2 nitrogen and oxygen atoms in total. The molecule has 0 aromatic heterocycles. The van der Waals surface area contributed by atoms with E-state index in [1.165, 1.54) is 0 Å². The Balaban J connectivity index is 2.49. The lowest BCUT2D eigenvalue weighted by molar-refractivity contribution is 0.335. The minimum atomic E-state index is -0.278. The van der Waals surface area contributed by atoms with Crippen LogP contribution in [0.3, 0.4) is 0 Å². The van der Waals surface area contributed by atoms with Crippen LogP contribution in [-0.4, -0.2) is 6.61 Å². The Morgan fingerprint density at radius 1 is 1.25 bits per heavy atom. The average molecular weight is 467 g/mol. The number of halogens is 3. The molecule has 2 N–H and O–H groups in total. The molecule has 2 aromatic carbocycles. The van der Waals surface area contributed by atoms with Crippen molar-refractivity contribution < 1.29 is 4.74 Å². The third-order valence-corrected chi connectivity index (χ3v) is 4.61. The first-order valence-electron chi connectivity index (χ1n) is 6.15. The van der Waals surface area contributed by atoms with Crippen molar-refractivity contribution >= 4 is 50.1 Å². The maximum atomic E-state index is 6.42. The minimum Gasteiger partial charge on any atom is -0.494 e. The van der Waals surface area contributed by atoms with Gasteiger partial charge in [-0.1, -0.05) is 27.5 Å². The van der Waals surface area contributed by atoms with Crippen molar-refractivity contribution in [3.8, 4) is 5.75 Å². The van der Waals surface area contributed by atoms with Gasteiger partial charge in [0.15, 0.2) is 0 Å². The van der Waals surface area contributed by atoms with E-state index in [1.54, 1.807) is 0 Å². The van der Waals surface area contributed by atoms with Crippen molar-refractivity contribution in [3.05, 3.63) is 60.6 Å². The number of benzene rings is 2. The molecule has 106 valence electrons.